The number of hydrogen-bond donors (Lipinski definition) is 4. The first-order chi connectivity index (χ1) is 32.1. The summed E-state index contributed by atoms with van der Waals surface area (Å²) in [5.74, 6) is -0.444. The molecule has 0 aliphatic carbocycles. The zero-order valence-corrected chi connectivity index (χ0v) is 41.5. The van der Waals surface area contributed by atoms with Gasteiger partial charge >= 0.3 is 16.4 Å². The minimum Gasteiger partial charge on any atom is -0.457 e. The number of esters is 1. The van der Waals surface area contributed by atoms with Gasteiger partial charge in [0.2, 0.25) is 0 Å². The number of aliphatic hydroxyl groups is 3. The number of aliphatic hydroxyl groups excluding tert-OH is 3. The van der Waals surface area contributed by atoms with Crippen molar-refractivity contribution in [1.82, 2.24) is 0 Å². The first kappa shape index (κ1) is 61.3. The Labute approximate surface area is 400 Å². The second kappa shape index (κ2) is 43.6. The number of rotatable bonds is 43. The summed E-state index contributed by atoms with van der Waals surface area (Å²) in [5, 5.41) is 30.7. The Morgan fingerprint density at radius 3 is 1.55 bits per heavy atom. The smallest absolute Gasteiger partial charge is 0.397 e. The summed E-state index contributed by atoms with van der Waals surface area (Å²) in [6.07, 6.45) is 49.0. The number of carbonyl (C=O) groups is 1. The van der Waals surface area contributed by atoms with E-state index in [9.17, 15) is 33.1 Å². The van der Waals surface area contributed by atoms with Crippen LogP contribution in [-0.2, 0) is 38.3 Å². The fourth-order valence-electron chi connectivity index (χ4n) is 7.20. The fraction of sp³-hybridized carbons (Fsp3) is 0.717. The van der Waals surface area contributed by atoms with Crippen LogP contribution in [0.15, 0.2) is 85.1 Å². The maximum absolute atomic E-state index is 12.9. The first-order valence-electron chi connectivity index (χ1n) is 25.3. The van der Waals surface area contributed by atoms with Gasteiger partial charge in [-0.25, -0.2) is 4.18 Å². The van der Waals surface area contributed by atoms with E-state index in [1.54, 1.807) is 0 Å². The Morgan fingerprint density at radius 2 is 1.05 bits per heavy atom. The maximum Gasteiger partial charge on any atom is 0.397 e. The standard InChI is InChI=1S/C53H90O12S/c1-3-5-7-9-11-13-15-17-19-21-23-24-25-26-28-30-32-34-36-38-40-42-49(55)63-47(46-62-53-51(57)52(65-66(58,59)60)50(56)48(44-54)64-53)45-61-43-41-39-37-35-33-31-29-27-22-20-18-16-14-12-10-8-6-4-2/h5,7,11,13,17-20,23-24,26,28,32,34,47-48,50-54,56-57H,3-4,6,8-10,12,14-16,21-22,25,27,29-31,33,35-46H2,1-2H3,(H,58,59,60)/b7-5-,13-11-,19-17-,20-18-,24-23-,28-26-,34-32-. The van der Waals surface area contributed by atoms with Crippen molar-refractivity contribution >= 4 is 16.4 Å². The van der Waals surface area contributed by atoms with Crippen molar-refractivity contribution in [1.29, 1.82) is 0 Å². The summed E-state index contributed by atoms with van der Waals surface area (Å²) in [4.78, 5) is 12.9. The van der Waals surface area contributed by atoms with Crippen LogP contribution < -0.4 is 0 Å². The van der Waals surface area contributed by atoms with Crippen molar-refractivity contribution in [2.45, 2.75) is 218 Å². The van der Waals surface area contributed by atoms with E-state index in [-0.39, 0.29) is 19.6 Å². The second-order valence-electron chi connectivity index (χ2n) is 17.0. The van der Waals surface area contributed by atoms with Gasteiger partial charge in [-0.3, -0.25) is 9.35 Å². The molecule has 1 fully saturated rings. The van der Waals surface area contributed by atoms with E-state index < -0.39 is 59.8 Å². The molecule has 13 heteroatoms. The predicted octanol–water partition coefficient (Wildman–Crippen LogP) is 11.6. The highest BCUT2D eigenvalue weighted by molar-refractivity contribution is 7.80. The molecular weight excluding hydrogens is 861 g/mol. The van der Waals surface area contributed by atoms with Crippen LogP contribution in [0.4, 0.5) is 0 Å². The second-order valence-corrected chi connectivity index (χ2v) is 18.1. The van der Waals surface area contributed by atoms with E-state index in [1.165, 1.54) is 83.5 Å². The minimum atomic E-state index is -5.08. The lowest BCUT2D eigenvalue weighted by atomic mass is 9.99. The molecule has 4 N–H and O–H groups in total. The van der Waals surface area contributed by atoms with Crippen LogP contribution in [0.1, 0.15) is 181 Å². The summed E-state index contributed by atoms with van der Waals surface area (Å²) in [6, 6.07) is 0. The molecule has 1 saturated heterocycles. The molecule has 66 heavy (non-hydrogen) atoms. The van der Waals surface area contributed by atoms with Crippen LogP contribution in [0.2, 0.25) is 0 Å². The largest absolute Gasteiger partial charge is 0.457 e. The highest BCUT2D eigenvalue weighted by atomic mass is 32.3. The van der Waals surface area contributed by atoms with Gasteiger partial charge in [0.15, 0.2) is 6.29 Å². The quantitative estimate of drug-likeness (QED) is 0.0197. The monoisotopic (exact) mass is 951 g/mol. The number of carbonyl (C=O) groups excluding carboxylic acids is 1. The third-order valence-corrected chi connectivity index (χ3v) is 11.5. The van der Waals surface area contributed by atoms with Crippen LogP contribution in [-0.4, -0.2) is 97.5 Å². The summed E-state index contributed by atoms with van der Waals surface area (Å²) < 4.78 is 59.2. The van der Waals surface area contributed by atoms with Crippen molar-refractivity contribution in [2.24, 2.45) is 0 Å². The Bertz CT molecular complexity index is 1470. The van der Waals surface area contributed by atoms with Gasteiger partial charge in [0, 0.05) is 13.0 Å². The molecule has 1 aliphatic rings. The molecule has 380 valence electrons. The molecule has 0 radical (unpaired) electrons. The van der Waals surface area contributed by atoms with Gasteiger partial charge in [-0.2, -0.15) is 8.42 Å². The van der Waals surface area contributed by atoms with Gasteiger partial charge in [0.05, 0.1) is 19.8 Å². The summed E-state index contributed by atoms with van der Waals surface area (Å²) in [7, 11) is -5.08. The van der Waals surface area contributed by atoms with E-state index in [1.807, 2.05) is 0 Å². The van der Waals surface area contributed by atoms with E-state index in [0.717, 1.165) is 70.6 Å². The zero-order chi connectivity index (χ0) is 48.2. The van der Waals surface area contributed by atoms with Crippen LogP contribution >= 0.6 is 0 Å². The molecule has 6 unspecified atom stereocenters. The predicted molar refractivity (Wildman–Crippen MR) is 266 cm³/mol. The molecule has 12 nitrogen and oxygen atoms in total. The number of unbranched alkanes of at least 4 members (excludes halogenated alkanes) is 16. The van der Waals surface area contributed by atoms with Crippen molar-refractivity contribution in [3.05, 3.63) is 85.1 Å². The maximum atomic E-state index is 12.9. The highest BCUT2D eigenvalue weighted by Crippen LogP contribution is 2.26. The molecule has 0 spiro atoms. The van der Waals surface area contributed by atoms with Crippen LogP contribution in [0, 0.1) is 0 Å². The lowest BCUT2D eigenvalue weighted by Gasteiger charge is -2.41. The van der Waals surface area contributed by atoms with Crippen molar-refractivity contribution in [3.8, 4) is 0 Å². The molecule has 1 rings (SSSR count). The van der Waals surface area contributed by atoms with Crippen molar-refractivity contribution < 1.29 is 56.2 Å². The molecule has 1 aliphatic heterocycles. The Kier molecular flexibility index (Phi) is 40.4. The molecule has 0 saturated carbocycles. The summed E-state index contributed by atoms with van der Waals surface area (Å²) in [6.45, 7) is 3.81. The minimum absolute atomic E-state index is 0.0114. The molecule has 0 bridgehead atoms. The number of ether oxygens (including phenoxy) is 4. The molecule has 6 atom stereocenters. The van der Waals surface area contributed by atoms with E-state index in [4.69, 9.17) is 18.9 Å². The topological polar surface area (TPSA) is 178 Å². The lowest BCUT2D eigenvalue weighted by molar-refractivity contribution is -0.301. The Morgan fingerprint density at radius 1 is 0.591 bits per heavy atom. The van der Waals surface area contributed by atoms with Crippen LogP contribution in [0.3, 0.4) is 0 Å². The van der Waals surface area contributed by atoms with E-state index in [2.05, 4.69) is 103 Å². The molecule has 0 amide bonds. The van der Waals surface area contributed by atoms with Gasteiger partial charge in [0.25, 0.3) is 0 Å². The van der Waals surface area contributed by atoms with Crippen molar-refractivity contribution in [3.63, 3.8) is 0 Å². The molecule has 1 heterocycles. The van der Waals surface area contributed by atoms with E-state index in [0.29, 0.717) is 13.0 Å². The average molecular weight is 951 g/mol. The molecule has 0 aromatic rings. The fourth-order valence-corrected chi connectivity index (χ4v) is 7.71. The van der Waals surface area contributed by atoms with Crippen molar-refractivity contribution in [2.75, 3.05) is 26.4 Å². The van der Waals surface area contributed by atoms with Gasteiger partial charge < -0.3 is 34.3 Å². The number of allylic oxidation sites excluding steroid dienone is 14. The van der Waals surface area contributed by atoms with Gasteiger partial charge in [-0.1, -0.05) is 170 Å². The third kappa shape index (κ3) is 36.3. The Hall–Kier alpha value is -2.72. The van der Waals surface area contributed by atoms with Gasteiger partial charge in [0.1, 0.15) is 30.5 Å². The summed E-state index contributed by atoms with van der Waals surface area (Å²) in [5.41, 5.74) is 0. The summed E-state index contributed by atoms with van der Waals surface area (Å²) >= 11 is 0. The lowest BCUT2D eigenvalue weighted by Crippen LogP contribution is -2.60. The zero-order valence-electron chi connectivity index (χ0n) is 40.7. The molecular formula is C53H90O12S. The molecule has 0 aromatic heterocycles. The van der Waals surface area contributed by atoms with Gasteiger partial charge in [-0.15, -0.1) is 0 Å². The number of hydrogen-bond acceptors (Lipinski definition) is 11. The third-order valence-electron chi connectivity index (χ3n) is 11.0. The first-order valence-corrected chi connectivity index (χ1v) is 26.7. The molecule has 0 aromatic carbocycles. The van der Waals surface area contributed by atoms with E-state index >= 15 is 0 Å². The highest BCUT2D eigenvalue weighted by Gasteiger charge is 2.48. The van der Waals surface area contributed by atoms with Crippen LogP contribution in [0.25, 0.3) is 0 Å². The normalized spacial score (nSPS) is 20.2. The van der Waals surface area contributed by atoms with Crippen LogP contribution in [0.5, 0.6) is 0 Å². The Balaban J connectivity index is 2.43. The van der Waals surface area contributed by atoms with Gasteiger partial charge in [-0.05, 0) is 89.9 Å². The SMILES string of the molecule is CC/C=C\C/C=C\C/C=C\C/C=C\C/C=C\C/C=C\CCCCC(=O)OC(COCCCCCCCCCC/C=C\CCCCCCCC)COC1OC(CO)C(O)C(OS(=O)(=O)O)C1O. The average Bonchev–Trinajstić information content (AvgIpc) is 3.29.